The zero-order valence-electron chi connectivity index (χ0n) is 5.94. The van der Waals surface area contributed by atoms with Crippen LogP contribution in [0.5, 0.6) is 0 Å². The molecule has 1 heterocycles. The topological polar surface area (TPSA) is 33.1 Å². The molecule has 1 rings (SSSR count). The lowest BCUT2D eigenvalue weighted by Crippen LogP contribution is -2.08. The largest absolute Gasteiger partial charge is 0.473 e. The van der Waals surface area contributed by atoms with Crippen LogP contribution in [0.1, 0.15) is 20.3 Å². The predicted octanol–water partition coefficient (Wildman–Crippen LogP) is 2.10. The van der Waals surface area contributed by atoms with Gasteiger partial charge < -0.3 is 4.74 Å². The van der Waals surface area contributed by atoms with Crippen molar-refractivity contribution in [3.05, 3.63) is 0 Å². The Balaban J connectivity index is 0.000000291. The normalized spacial score (nSPS) is 17.3. The average molecular weight is 147 g/mol. The Hall–Kier alpha value is -0.180. The van der Waals surface area contributed by atoms with Crippen LogP contribution >= 0.6 is 11.8 Å². The molecule has 0 aromatic heterocycles. The molecule has 0 saturated carbocycles. The molecule has 2 nitrogen and oxygen atoms in total. The Labute approximate surface area is 60.5 Å². The fourth-order valence-electron chi connectivity index (χ4n) is 0.430. The van der Waals surface area contributed by atoms with Crippen molar-refractivity contribution in [1.82, 2.24) is 0 Å². The van der Waals surface area contributed by atoms with Gasteiger partial charge in [0.2, 0.25) is 5.23 Å². The molecule has 0 amide bonds. The zero-order chi connectivity index (χ0) is 7.11. The van der Waals surface area contributed by atoms with Crippen LogP contribution < -0.4 is 0 Å². The van der Waals surface area contributed by atoms with E-state index in [2.05, 4.69) is 0 Å². The number of thioether (sulfide) groups is 1. The molecule has 54 valence electrons. The Bertz CT molecular complexity index is 77.1. The molecule has 1 N–H and O–H groups in total. The van der Waals surface area contributed by atoms with Gasteiger partial charge in [0.25, 0.3) is 0 Å². The van der Waals surface area contributed by atoms with Crippen molar-refractivity contribution in [3.8, 4) is 0 Å². The molecule has 1 aliphatic heterocycles. The first-order valence-corrected chi connectivity index (χ1v) is 4.22. The fraction of sp³-hybridized carbons (Fsp3) is 0.833. The van der Waals surface area contributed by atoms with E-state index in [1.165, 1.54) is 11.8 Å². The van der Waals surface area contributed by atoms with Crippen molar-refractivity contribution in [2.75, 3.05) is 12.4 Å². The van der Waals surface area contributed by atoms with Gasteiger partial charge in [-0.3, -0.25) is 5.41 Å². The highest BCUT2D eigenvalue weighted by molar-refractivity contribution is 8.13. The quantitative estimate of drug-likeness (QED) is 0.569. The van der Waals surface area contributed by atoms with Crippen molar-refractivity contribution in [3.63, 3.8) is 0 Å². The van der Waals surface area contributed by atoms with Gasteiger partial charge in [-0.05, 0) is 6.42 Å². The predicted molar refractivity (Wildman–Crippen MR) is 42.1 cm³/mol. The molecule has 0 atom stereocenters. The highest BCUT2D eigenvalue weighted by Crippen LogP contribution is 2.10. The second-order valence-corrected chi connectivity index (χ2v) is 2.41. The third kappa shape index (κ3) is 4.33. The summed E-state index contributed by atoms with van der Waals surface area (Å²) in [6.07, 6.45) is 1.09. The number of nitrogens with one attached hydrogen (secondary N) is 1. The van der Waals surface area contributed by atoms with Gasteiger partial charge in [-0.2, -0.15) is 0 Å². The minimum Gasteiger partial charge on any atom is -0.473 e. The van der Waals surface area contributed by atoms with Crippen LogP contribution in [0.15, 0.2) is 0 Å². The minimum atomic E-state index is 0.381. The summed E-state index contributed by atoms with van der Waals surface area (Å²) in [6, 6.07) is 0. The SMILES string of the molecule is CC.N=C1OCCCS1. The third-order valence-electron chi connectivity index (χ3n) is 0.755. The van der Waals surface area contributed by atoms with E-state index in [-0.39, 0.29) is 0 Å². The molecule has 3 heteroatoms. The van der Waals surface area contributed by atoms with E-state index in [0.29, 0.717) is 5.23 Å². The summed E-state index contributed by atoms with van der Waals surface area (Å²) in [6.45, 7) is 4.74. The number of rotatable bonds is 0. The molecule has 1 saturated heterocycles. The van der Waals surface area contributed by atoms with Crippen LogP contribution in [0, 0.1) is 5.41 Å². The molecule has 0 aliphatic carbocycles. The second kappa shape index (κ2) is 5.95. The van der Waals surface area contributed by atoms with Gasteiger partial charge in [0.15, 0.2) is 0 Å². The molecule has 1 fully saturated rings. The van der Waals surface area contributed by atoms with Crippen LogP contribution in [-0.4, -0.2) is 17.6 Å². The van der Waals surface area contributed by atoms with E-state index in [9.17, 15) is 0 Å². The van der Waals surface area contributed by atoms with Gasteiger partial charge in [0.1, 0.15) is 0 Å². The maximum absolute atomic E-state index is 6.93. The van der Waals surface area contributed by atoms with Crippen LogP contribution in [0.3, 0.4) is 0 Å². The highest BCUT2D eigenvalue weighted by Gasteiger charge is 2.03. The van der Waals surface area contributed by atoms with Gasteiger partial charge in [-0.1, -0.05) is 25.6 Å². The van der Waals surface area contributed by atoms with Crippen molar-refractivity contribution >= 4 is 17.0 Å². The molecule has 0 radical (unpaired) electrons. The van der Waals surface area contributed by atoms with Crippen molar-refractivity contribution in [2.24, 2.45) is 0 Å². The summed E-state index contributed by atoms with van der Waals surface area (Å²) in [5, 5.41) is 7.31. The van der Waals surface area contributed by atoms with E-state index in [1.54, 1.807) is 0 Å². The summed E-state index contributed by atoms with van der Waals surface area (Å²) in [5.74, 6) is 1.05. The monoisotopic (exact) mass is 147 g/mol. The average Bonchev–Trinajstić information content (AvgIpc) is 1.94. The van der Waals surface area contributed by atoms with Crippen LogP contribution in [-0.2, 0) is 4.74 Å². The van der Waals surface area contributed by atoms with Crippen LogP contribution in [0.2, 0.25) is 0 Å². The van der Waals surface area contributed by atoms with E-state index >= 15 is 0 Å². The van der Waals surface area contributed by atoms with E-state index < -0.39 is 0 Å². The summed E-state index contributed by atoms with van der Waals surface area (Å²) in [7, 11) is 0. The first-order valence-electron chi connectivity index (χ1n) is 3.24. The second-order valence-electron chi connectivity index (χ2n) is 1.34. The lowest BCUT2D eigenvalue weighted by molar-refractivity contribution is 0.307. The molecule has 9 heavy (non-hydrogen) atoms. The van der Waals surface area contributed by atoms with E-state index in [0.717, 1.165) is 18.8 Å². The Morgan fingerprint density at radius 2 is 2.22 bits per heavy atom. The third-order valence-corrected chi connectivity index (χ3v) is 1.63. The highest BCUT2D eigenvalue weighted by atomic mass is 32.2. The Morgan fingerprint density at radius 3 is 2.44 bits per heavy atom. The summed E-state index contributed by atoms with van der Waals surface area (Å²) >= 11 is 1.48. The maximum Gasteiger partial charge on any atom is 0.242 e. The van der Waals surface area contributed by atoms with Gasteiger partial charge in [-0.25, -0.2) is 0 Å². The van der Waals surface area contributed by atoms with Gasteiger partial charge >= 0.3 is 0 Å². The van der Waals surface area contributed by atoms with Crippen molar-refractivity contribution in [2.45, 2.75) is 20.3 Å². The molecular weight excluding hydrogens is 134 g/mol. The summed E-state index contributed by atoms with van der Waals surface area (Å²) in [4.78, 5) is 0. The Morgan fingerprint density at radius 1 is 1.56 bits per heavy atom. The lowest BCUT2D eigenvalue weighted by Gasteiger charge is -2.10. The fourth-order valence-corrected chi connectivity index (χ4v) is 1.04. The summed E-state index contributed by atoms with van der Waals surface area (Å²) < 4.78 is 4.82. The number of hydrogen-bond acceptors (Lipinski definition) is 3. The zero-order valence-corrected chi connectivity index (χ0v) is 6.75. The Kier molecular flexibility index (Phi) is 5.83. The molecule has 0 aromatic carbocycles. The van der Waals surface area contributed by atoms with Crippen LogP contribution in [0.25, 0.3) is 0 Å². The molecule has 1 aliphatic rings. The smallest absolute Gasteiger partial charge is 0.242 e. The van der Waals surface area contributed by atoms with Gasteiger partial charge in [0, 0.05) is 5.75 Å². The van der Waals surface area contributed by atoms with E-state index in [1.807, 2.05) is 13.8 Å². The number of ether oxygens (including phenoxy) is 1. The maximum atomic E-state index is 6.93. The summed E-state index contributed by atoms with van der Waals surface area (Å²) in [5.41, 5.74) is 0. The first-order chi connectivity index (χ1) is 4.39. The van der Waals surface area contributed by atoms with Crippen LogP contribution in [0.4, 0.5) is 0 Å². The molecular formula is C6H13NOS. The van der Waals surface area contributed by atoms with Crippen molar-refractivity contribution < 1.29 is 4.74 Å². The lowest BCUT2D eigenvalue weighted by atomic mass is 10.5. The van der Waals surface area contributed by atoms with Gasteiger partial charge in [0.05, 0.1) is 6.61 Å². The van der Waals surface area contributed by atoms with Gasteiger partial charge in [-0.15, -0.1) is 0 Å². The number of hydrogen-bond donors (Lipinski definition) is 1. The molecule has 0 spiro atoms. The molecule has 0 bridgehead atoms. The molecule has 0 unspecified atom stereocenters. The van der Waals surface area contributed by atoms with Crippen molar-refractivity contribution in [1.29, 1.82) is 5.41 Å². The standard InChI is InChI=1S/C4H7NOS.C2H6/c5-4-6-2-1-3-7-4;1-2/h5H,1-3H2;1-2H3. The first kappa shape index (κ1) is 8.82. The minimum absolute atomic E-state index is 0.381. The van der Waals surface area contributed by atoms with E-state index in [4.69, 9.17) is 10.1 Å². The molecule has 0 aromatic rings.